The lowest BCUT2D eigenvalue weighted by Gasteiger charge is -2.61. The molecule has 0 aromatic carbocycles. The first-order valence-corrected chi connectivity index (χ1v) is 6.25. The molecule has 0 radical (unpaired) electrons. The highest BCUT2D eigenvalue weighted by atomic mass is 16.3. The summed E-state index contributed by atoms with van der Waals surface area (Å²) in [5, 5.41) is 10.2. The van der Waals surface area contributed by atoms with Crippen molar-refractivity contribution in [3.8, 4) is 0 Å². The topological polar surface area (TPSA) is 20.2 Å². The Labute approximate surface area is 87.9 Å². The largest absolute Gasteiger partial charge is 0.393 e. The predicted molar refractivity (Wildman–Crippen MR) is 59.0 cm³/mol. The second kappa shape index (κ2) is 3.52. The minimum Gasteiger partial charge on any atom is -0.393 e. The molecular formula is C13H24O. The molecule has 3 aliphatic carbocycles. The van der Waals surface area contributed by atoms with Gasteiger partial charge in [-0.25, -0.2) is 0 Å². The SMILES string of the molecule is CCCCC1CC2CC(C1O)C2(C)C. The first-order chi connectivity index (χ1) is 6.57. The van der Waals surface area contributed by atoms with Crippen molar-refractivity contribution in [3.05, 3.63) is 0 Å². The molecule has 0 saturated heterocycles. The molecule has 14 heavy (non-hydrogen) atoms. The maximum absolute atomic E-state index is 10.2. The van der Waals surface area contributed by atoms with Crippen LogP contribution in [0.2, 0.25) is 0 Å². The molecular weight excluding hydrogens is 172 g/mol. The third-order valence-corrected chi connectivity index (χ3v) is 4.96. The average molecular weight is 196 g/mol. The van der Waals surface area contributed by atoms with Gasteiger partial charge in [-0.1, -0.05) is 33.6 Å². The van der Waals surface area contributed by atoms with Crippen LogP contribution in [0.15, 0.2) is 0 Å². The Kier molecular flexibility index (Phi) is 2.63. The predicted octanol–water partition coefficient (Wildman–Crippen LogP) is 3.22. The fourth-order valence-corrected chi connectivity index (χ4v) is 3.62. The van der Waals surface area contributed by atoms with Gasteiger partial charge in [-0.2, -0.15) is 0 Å². The molecule has 3 aliphatic rings. The van der Waals surface area contributed by atoms with Crippen LogP contribution in [0.4, 0.5) is 0 Å². The van der Waals surface area contributed by atoms with E-state index in [1.54, 1.807) is 0 Å². The lowest BCUT2D eigenvalue weighted by molar-refractivity contribution is -0.171. The van der Waals surface area contributed by atoms with Crippen LogP contribution in [0, 0.1) is 23.2 Å². The highest BCUT2D eigenvalue weighted by Gasteiger charge is 2.56. The van der Waals surface area contributed by atoms with E-state index in [0.717, 1.165) is 5.92 Å². The number of hydrogen-bond acceptors (Lipinski definition) is 1. The molecule has 0 aliphatic heterocycles. The van der Waals surface area contributed by atoms with Gasteiger partial charge < -0.3 is 5.11 Å². The third kappa shape index (κ3) is 1.41. The lowest BCUT2D eigenvalue weighted by Crippen LogP contribution is -2.58. The van der Waals surface area contributed by atoms with Gasteiger partial charge in [0, 0.05) is 0 Å². The first-order valence-electron chi connectivity index (χ1n) is 6.25. The summed E-state index contributed by atoms with van der Waals surface area (Å²) in [6.07, 6.45) is 6.38. The molecule has 82 valence electrons. The standard InChI is InChI=1S/C13H24O/c1-4-5-6-9-7-10-8-11(12(9)14)13(10,2)3/h9-12,14H,4-8H2,1-3H3. The van der Waals surface area contributed by atoms with Gasteiger partial charge in [-0.15, -0.1) is 0 Å². The summed E-state index contributed by atoms with van der Waals surface area (Å²) in [5.74, 6) is 2.12. The van der Waals surface area contributed by atoms with Gasteiger partial charge >= 0.3 is 0 Å². The first kappa shape index (κ1) is 10.5. The van der Waals surface area contributed by atoms with Gasteiger partial charge in [0.2, 0.25) is 0 Å². The number of aliphatic hydroxyl groups is 1. The number of unbranched alkanes of at least 4 members (excludes halogenated alkanes) is 1. The van der Waals surface area contributed by atoms with Crippen LogP contribution in [0.5, 0.6) is 0 Å². The van der Waals surface area contributed by atoms with E-state index in [0.29, 0.717) is 17.3 Å². The summed E-state index contributed by atoms with van der Waals surface area (Å²) in [6.45, 7) is 6.91. The zero-order chi connectivity index (χ0) is 10.3. The summed E-state index contributed by atoms with van der Waals surface area (Å²) < 4.78 is 0. The van der Waals surface area contributed by atoms with Crippen LogP contribution < -0.4 is 0 Å². The number of fused-ring (bicyclic) bond motifs is 2. The Morgan fingerprint density at radius 2 is 2.00 bits per heavy atom. The average Bonchev–Trinajstić information content (AvgIpc) is 2.15. The van der Waals surface area contributed by atoms with Crippen LogP contribution in [-0.4, -0.2) is 11.2 Å². The van der Waals surface area contributed by atoms with E-state index in [4.69, 9.17) is 0 Å². The molecule has 0 spiro atoms. The van der Waals surface area contributed by atoms with E-state index in [9.17, 15) is 5.11 Å². The quantitative estimate of drug-likeness (QED) is 0.735. The zero-order valence-corrected chi connectivity index (χ0v) is 9.79. The van der Waals surface area contributed by atoms with Crippen LogP contribution in [0.25, 0.3) is 0 Å². The molecule has 1 heteroatoms. The van der Waals surface area contributed by atoms with Gasteiger partial charge in [0.25, 0.3) is 0 Å². The van der Waals surface area contributed by atoms with Gasteiger partial charge in [-0.05, 0) is 42.4 Å². The Bertz CT molecular complexity index is 209. The normalized spacial score (nSPS) is 44.6. The summed E-state index contributed by atoms with van der Waals surface area (Å²) in [7, 11) is 0. The van der Waals surface area contributed by atoms with E-state index in [2.05, 4.69) is 20.8 Å². The minimum absolute atomic E-state index is 0.00144. The number of hydrogen-bond donors (Lipinski definition) is 1. The number of aliphatic hydroxyl groups excluding tert-OH is 1. The molecule has 0 aromatic heterocycles. The van der Waals surface area contributed by atoms with E-state index >= 15 is 0 Å². The minimum atomic E-state index is 0.00144. The molecule has 0 amide bonds. The van der Waals surface area contributed by atoms with Crippen LogP contribution in [-0.2, 0) is 0 Å². The van der Waals surface area contributed by atoms with Crippen molar-refractivity contribution >= 4 is 0 Å². The second-order valence-electron chi connectivity index (χ2n) is 5.99. The van der Waals surface area contributed by atoms with Gasteiger partial charge in [0.15, 0.2) is 0 Å². The van der Waals surface area contributed by atoms with E-state index in [-0.39, 0.29) is 6.10 Å². The maximum Gasteiger partial charge on any atom is 0.0601 e. The molecule has 4 atom stereocenters. The monoisotopic (exact) mass is 196 g/mol. The highest BCUT2D eigenvalue weighted by Crippen LogP contribution is 2.61. The summed E-state index contributed by atoms with van der Waals surface area (Å²) in [6, 6.07) is 0. The van der Waals surface area contributed by atoms with Gasteiger partial charge in [0.1, 0.15) is 0 Å². The summed E-state index contributed by atoms with van der Waals surface area (Å²) >= 11 is 0. The van der Waals surface area contributed by atoms with Crippen LogP contribution in [0.1, 0.15) is 52.9 Å². The van der Waals surface area contributed by atoms with E-state index < -0.39 is 0 Å². The van der Waals surface area contributed by atoms with Crippen molar-refractivity contribution in [2.24, 2.45) is 23.2 Å². The van der Waals surface area contributed by atoms with Gasteiger partial charge in [0.05, 0.1) is 6.10 Å². The molecule has 4 unspecified atom stereocenters. The van der Waals surface area contributed by atoms with E-state index in [1.807, 2.05) is 0 Å². The highest BCUT2D eigenvalue weighted by molar-refractivity contribution is 5.06. The third-order valence-electron chi connectivity index (χ3n) is 4.96. The Balaban J connectivity index is 1.94. The van der Waals surface area contributed by atoms with Crippen LogP contribution in [0.3, 0.4) is 0 Å². The second-order valence-corrected chi connectivity index (χ2v) is 5.99. The summed E-state index contributed by atoms with van der Waals surface area (Å²) in [4.78, 5) is 0. The lowest BCUT2D eigenvalue weighted by atomic mass is 9.45. The van der Waals surface area contributed by atoms with Crippen molar-refractivity contribution in [3.63, 3.8) is 0 Å². The molecule has 3 fully saturated rings. The summed E-state index contributed by atoms with van der Waals surface area (Å²) in [5.41, 5.74) is 0.433. The van der Waals surface area contributed by atoms with Crippen molar-refractivity contribution in [2.45, 2.75) is 59.0 Å². The van der Waals surface area contributed by atoms with Gasteiger partial charge in [-0.3, -0.25) is 0 Å². The maximum atomic E-state index is 10.2. The zero-order valence-electron chi connectivity index (χ0n) is 9.79. The Morgan fingerprint density at radius 3 is 2.50 bits per heavy atom. The fraction of sp³-hybridized carbons (Fsp3) is 1.00. The van der Waals surface area contributed by atoms with Crippen molar-refractivity contribution in [2.75, 3.05) is 0 Å². The van der Waals surface area contributed by atoms with Crippen LogP contribution >= 0.6 is 0 Å². The molecule has 0 heterocycles. The molecule has 2 bridgehead atoms. The van der Waals surface area contributed by atoms with E-state index in [1.165, 1.54) is 32.1 Å². The molecule has 3 saturated carbocycles. The smallest absolute Gasteiger partial charge is 0.0601 e. The van der Waals surface area contributed by atoms with Crippen molar-refractivity contribution < 1.29 is 5.11 Å². The molecule has 0 aromatic rings. The number of rotatable bonds is 3. The Morgan fingerprint density at radius 1 is 1.29 bits per heavy atom. The fourth-order valence-electron chi connectivity index (χ4n) is 3.62. The van der Waals surface area contributed by atoms with Crippen molar-refractivity contribution in [1.82, 2.24) is 0 Å². The Hall–Kier alpha value is -0.0400. The molecule has 3 rings (SSSR count). The molecule has 1 N–H and O–H groups in total. The molecule has 1 nitrogen and oxygen atoms in total. The van der Waals surface area contributed by atoms with Crippen molar-refractivity contribution in [1.29, 1.82) is 0 Å².